The molecule has 0 bridgehead atoms. The Balaban J connectivity index is 3.42. The standard InChI is InChI=1S/C9H17N3O2/c1-9(2,3)14-12-7-8(13)11-6-4-5-10/h12H,4,6-7H2,1-3H3,(H,11,13). The molecule has 0 aliphatic heterocycles. The van der Waals surface area contributed by atoms with Gasteiger partial charge in [-0.3, -0.25) is 9.63 Å². The molecule has 14 heavy (non-hydrogen) atoms. The fraction of sp³-hybridized carbons (Fsp3) is 0.778. The summed E-state index contributed by atoms with van der Waals surface area (Å²) < 4.78 is 0. The lowest BCUT2D eigenvalue weighted by Crippen LogP contribution is -2.38. The van der Waals surface area contributed by atoms with Crippen LogP contribution < -0.4 is 10.8 Å². The number of hydrogen-bond donors (Lipinski definition) is 2. The third kappa shape index (κ3) is 8.97. The number of hydroxylamine groups is 1. The average Bonchev–Trinajstić information content (AvgIpc) is 2.02. The van der Waals surface area contributed by atoms with Crippen LogP contribution in [0, 0.1) is 11.3 Å². The highest BCUT2D eigenvalue weighted by Gasteiger charge is 2.10. The fourth-order valence-electron chi connectivity index (χ4n) is 0.638. The van der Waals surface area contributed by atoms with E-state index in [0.29, 0.717) is 13.0 Å². The van der Waals surface area contributed by atoms with Gasteiger partial charge >= 0.3 is 0 Å². The van der Waals surface area contributed by atoms with E-state index >= 15 is 0 Å². The SMILES string of the molecule is CC(C)(C)ONCC(=O)NCCC#N. The zero-order chi connectivity index (χ0) is 11.0. The molecule has 0 saturated carbocycles. The van der Waals surface area contributed by atoms with Crippen molar-refractivity contribution >= 4 is 5.91 Å². The van der Waals surface area contributed by atoms with Crippen LogP contribution >= 0.6 is 0 Å². The topological polar surface area (TPSA) is 74.2 Å². The number of rotatable bonds is 5. The number of nitriles is 1. The van der Waals surface area contributed by atoms with Crippen LogP contribution in [-0.4, -0.2) is 24.6 Å². The summed E-state index contributed by atoms with van der Waals surface area (Å²) in [5.41, 5.74) is 2.24. The lowest BCUT2D eigenvalue weighted by molar-refractivity contribution is -0.127. The van der Waals surface area contributed by atoms with Gasteiger partial charge in [0.1, 0.15) is 0 Å². The molecule has 2 N–H and O–H groups in total. The summed E-state index contributed by atoms with van der Waals surface area (Å²) in [6.07, 6.45) is 0.325. The van der Waals surface area contributed by atoms with Crippen molar-refractivity contribution in [3.05, 3.63) is 0 Å². The minimum Gasteiger partial charge on any atom is -0.354 e. The van der Waals surface area contributed by atoms with Crippen LogP contribution in [0.2, 0.25) is 0 Å². The van der Waals surface area contributed by atoms with E-state index in [9.17, 15) is 4.79 Å². The molecule has 0 rings (SSSR count). The molecule has 0 aromatic carbocycles. The number of amides is 1. The van der Waals surface area contributed by atoms with E-state index in [2.05, 4.69) is 10.8 Å². The summed E-state index contributed by atoms with van der Waals surface area (Å²) in [5, 5.41) is 10.8. The maximum absolute atomic E-state index is 11.0. The molecular weight excluding hydrogens is 182 g/mol. The first-order chi connectivity index (χ1) is 6.45. The quantitative estimate of drug-likeness (QED) is 0.494. The molecular formula is C9H17N3O2. The zero-order valence-electron chi connectivity index (χ0n) is 8.89. The zero-order valence-corrected chi connectivity index (χ0v) is 8.89. The molecule has 0 heterocycles. The summed E-state index contributed by atoms with van der Waals surface area (Å²) in [5.74, 6) is -0.176. The van der Waals surface area contributed by atoms with Gasteiger partial charge in [0.25, 0.3) is 0 Å². The third-order valence-corrected chi connectivity index (χ3v) is 1.17. The maximum Gasteiger partial charge on any atom is 0.236 e. The molecule has 0 unspecified atom stereocenters. The summed E-state index contributed by atoms with van der Waals surface area (Å²) in [7, 11) is 0. The van der Waals surface area contributed by atoms with E-state index in [1.165, 1.54) is 0 Å². The predicted octanol–water partition coefficient (Wildman–Crippen LogP) is 0.336. The molecule has 5 heteroatoms. The molecule has 80 valence electrons. The Morgan fingerprint density at radius 1 is 1.50 bits per heavy atom. The van der Waals surface area contributed by atoms with E-state index in [-0.39, 0.29) is 18.1 Å². The smallest absolute Gasteiger partial charge is 0.236 e. The molecule has 0 fully saturated rings. The van der Waals surface area contributed by atoms with E-state index in [0.717, 1.165) is 0 Å². The summed E-state index contributed by atoms with van der Waals surface area (Å²) in [4.78, 5) is 16.2. The van der Waals surface area contributed by atoms with Crippen molar-refractivity contribution in [3.63, 3.8) is 0 Å². The first-order valence-corrected chi connectivity index (χ1v) is 4.50. The molecule has 5 nitrogen and oxygen atoms in total. The van der Waals surface area contributed by atoms with Crippen LogP contribution in [0.3, 0.4) is 0 Å². The second-order valence-corrected chi connectivity index (χ2v) is 3.79. The minimum atomic E-state index is -0.313. The maximum atomic E-state index is 11.0. The highest BCUT2D eigenvalue weighted by molar-refractivity contribution is 5.77. The van der Waals surface area contributed by atoms with Gasteiger partial charge in [-0.25, -0.2) is 0 Å². The van der Waals surface area contributed by atoms with E-state index in [4.69, 9.17) is 10.1 Å². The van der Waals surface area contributed by atoms with Crippen molar-refractivity contribution < 1.29 is 9.63 Å². The predicted molar refractivity (Wildman–Crippen MR) is 52.1 cm³/mol. The van der Waals surface area contributed by atoms with Gasteiger partial charge < -0.3 is 5.32 Å². The molecule has 0 saturated heterocycles. The van der Waals surface area contributed by atoms with Gasteiger partial charge in [0.15, 0.2) is 0 Å². The Labute approximate surface area is 84.4 Å². The number of carbonyl (C=O) groups excluding carboxylic acids is 1. The first kappa shape index (κ1) is 12.9. The van der Waals surface area contributed by atoms with Crippen LogP contribution in [-0.2, 0) is 9.63 Å². The number of nitrogens with one attached hydrogen (secondary N) is 2. The Bertz CT molecular complexity index is 215. The highest BCUT2D eigenvalue weighted by atomic mass is 16.7. The highest BCUT2D eigenvalue weighted by Crippen LogP contribution is 2.02. The van der Waals surface area contributed by atoms with Gasteiger partial charge in [-0.15, -0.1) is 0 Å². The van der Waals surface area contributed by atoms with Crippen LogP contribution in [0.15, 0.2) is 0 Å². The van der Waals surface area contributed by atoms with Gasteiger partial charge in [-0.1, -0.05) is 0 Å². The third-order valence-electron chi connectivity index (χ3n) is 1.17. The molecule has 0 aliphatic carbocycles. The summed E-state index contributed by atoms with van der Waals surface area (Å²) in [6, 6.07) is 1.94. The molecule has 0 atom stereocenters. The molecule has 1 amide bonds. The van der Waals surface area contributed by atoms with Gasteiger partial charge in [0.05, 0.1) is 24.6 Å². The van der Waals surface area contributed by atoms with Crippen molar-refractivity contribution in [1.29, 1.82) is 5.26 Å². The van der Waals surface area contributed by atoms with Crippen LogP contribution in [0.25, 0.3) is 0 Å². The Hall–Kier alpha value is -1.12. The van der Waals surface area contributed by atoms with E-state index in [1.54, 1.807) is 0 Å². The molecule has 0 spiro atoms. The normalized spacial score (nSPS) is 10.7. The van der Waals surface area contributed by atoms with Crippen molar-refractivity contribution in [1.82, 2.24) is 10.8 Å². The summed E-state index contributed by atoms with van der Waals surface area (Å²) >= 11 is 0. The van der Waals surface area contributed by atoms with Crippen molar-refractivity contribution in [3.8, 4) is 6.07 Å². The summed E-state index contributed by atoms with van der Waals surface area (Å²) in [6.45, 7) is 6.13. The largest absolute Gasteiger partial charge is 0.354 e. The Morgan fingerprint density at radius 3 is 2.64 bits per heavy atom. The average molecular weight is 199 g/mol. The van der Waals surface area contributed by atoms with E-state index < -0.39 is 0 Å². The Kier molecular flexibility index (Phi) is 5.84. The van der Waals surface area contributed by atoms with Crippen LogP contribution in [0.4, 0.5) is 0 Å². The van der Waals surface area contributed by atoms with E-state index in [1.807, 2.05) is 26.8 Å². The van der Waals surface area contributed by atoms with Gasteiger partial charge in [-0.05, 0) is 20.8 Å². The second kappa shape index (κ2) is 6.35. The Morgan fingerprint density at radius 2 is 2.14 bits per heavy atom. The number of carbonyl (C=O) groups is 1. The van der Waals surface area contributed by atoms with Gasteiger partial charge in [0.2, 0.25) is 5.91 Å². The fourth-order valence-corrected chi connectivity index (χ4v) is 0.638. The lowest BCUT2D eigenvalue weighted by Gasteiger charge is -2.18. The molecule has 0 aliphatic rings. The number of nitrogens with zero attached hydrogens (tertiary/aromatic N) is 1. The monoisotopic (exact) mass is 199 g/mol. The van der Waals surface area contributed by atoms with Crippen molar-refractivity contribution in [2.75, 3.05) is 13.1 Å². The van der Waals surface area contributed by atoms with Gasteiger partial charge in [-0.2, -0.15) is 10.7 Å². The molecule has 0 aromatic heterocycles. The molecule has 0 aromatic rings. The lowest BCUT2D eigenvalue weighted by atomic mass is 10.2. The van der Waals surface area contributed by atoms with Crippen LogP contribution in [0.5, 0.6) is 0 Å². The first-order valence-electron chi connectivity index (χ1n) is 4.50. The van der Waals surface area contributed by atoms with Gasteiger partial charge in [0, 0.05) is 6.54 Å². The number of hydrogen-bond acceptors (Lipinski definition) is 4. The van der Waals surface area contributed by atoms with Crippen LogP contribution in [0.1, 0.15) is 27.2 Å². The minimum absolute atomic E-state index is 0.0999. The second-order valence-electron chi connectivity index (χ2n) is 3.79. The van der Waals surface area contributed by atoms with Crippen molar-refractivity contribution in [2.45, 2.75) is 32.8 Å². The molecule has 0 radical (unpaired) electrons. The van der Waals surface area contributed by atoms with Crippen molar-refractivity contribution in [2.24, 2.45) is 0 Å².